The van der Waals surface area contributed by atoms with Crippen LogP contribution in [0, 0.1) is 5.41 Å². The van der Waals surface area contributed by atoms with Gasteiger partial charge in [-0.15, -0.1) is 0 Å². The lowest BCUT2D eigenvalue weighted by molar-refractivity contribution is -0.159. The normalized spacial score (nSPS) is 18.0. The van der Waals surface area contributed by atoms with E-state index in [9.17, 15) is 9.59 Å². The molecule has 1 rings (SSSR count). The standard InChI is InChI=1S/C16H28O4/c1-5-15(3,4)14(18)19-11-13(17)12-20-16(6-2)9-7-8-10-16/h5-12H2,1-4H3. The maximum Gasteiger partial charge on any atom is 0.311 e. The molecule has 0 heterocycles. The van der Waals surface area contributed by atoms with Gasteiger partial charge >= 0.3 is 5.97 Å². The van der Waals surface area contributed by atoms with E-state index in [0.717, 1.165) is 19.3 Å². The second-order valence-electron chi connectivity index (χ2n) is 6.38. The zero-order valence-electron chi connectivity index (χ0n) is 13.3. The largest absolute Gasteiger partial charge is 0.457 e. The van der Waals surface area contributed by atoms with Crippen LogP contribution in [-0.2, 0) is 19.1 Å². The van der Waals surface area contributed by atoms with Gasteiger partial charge < -0.3 is 9.47 Å². The first kappa shape index (κ1) is 17.2. The summed E-state index contributed by atoms with van der Waals surface area (Å²) in [6.45, 7) is 7.54. The van der Waals surface area contributed by atoms with Crippen LogP contribution in [0.25, 0.3) is 0 Å². The van der Waals surface area contributed by atoms with Gasteiger partial charge in [0.2, 0.25) is 0 Å². The maximum atomic E-state index is 11.8. The molecule has 0 radical (unpaired) electrons. The molecule has 0 bridgehead atoms. The number of Topliss-reactive ketones (excluding diaryl/α,β-unsaturated/α-hetero) is 1. The van der Waals surface area contributed by atoms with Gasteiger partial charge in [-0.25, -0.2) is 0 Å². The van der Waals surface area contributed by atoms with Crippen LogP contribution in [0.4, 0.5) is 0 Å². The van der Waals surface area contributed by atoms with E-state index in [4.69, 9.17) is 9.47 Å². The molecule has 4 nitrogen and oxygen atoms in total. The molecule has 0 saturated heterocycles. The summed E-state index contributed by atoms with van der Waals surface area (Å²) in [5.41, 5.74) is -0.653. The molecule has 116 valence electrons. The minimum atomic E-state index is -0.531. The molecular formula is C16H28O4. The number of ether oxygens (including phenoxy) is 2. The Balaban J connectivity index is 2.32. The van der Waals surface area contributed by atoms with Crippen molar-refractivity contribution in [3.8, 4) is 0 Å². The lowest BCUT2D eigenvalue weighted by Crippen LogP contribution is -2.33. The topological polar surface area (TPSA) is 52.6 Å². The summed E-state index contributed by atoms with van der Waals surface area (Å²) in [7, 11) is 0. The smallest absolute Gasteiger partial charge is 0.311 e. The van der Waals surface area contributed by atoms with Crippen molar-refractivity contribution >= 4 is 11.8 Å². The number of esters is 1. The SMILES string of the molecule is CCC1(OCC(=O)COC(=O)C(C)(C)CC)CCCC1. The lowest BCUT2D eigenvalue weighted by atomic mass is 9.91. The van der Waals surface area contributed by atoms with Crippen LogP contribution in [0.5, 0.6) is 0 Å². The molecular weight excluding hydrogens is 256 g/mol. The molecule has 0 aliphatic heterocycles. The van der Waals surface area contributed by atoms with Crippen molar-refractivity contribution in [1.29, 1.82) is 0 Å². The van der Waals surface area contributed by atoms with Crippen LogP contribution < -0.4 is 0 Å². The molecule has 0 amide bonds. The van der Waals surface area contributed by atoms with E-state index in [1.807, 2.05) is 20.8 Å². The van der Waals surface area contributed by atoms with Gasteiger partial charge in [-0.05, 0) is 39.5 Å². The van der Waals surface area contributed by atoms with Crippen molar-refractivity contribution in [3.05, 3.63) is 0 Å². The Bertz CT molecular complexity index is 340. The van der Waals surface area contributed by atoms with Gasteiger partial charge in [-0.2, -0.15) is 0 Å². The fourth-order valence-corrected chi connectivity index (χ4v) is 2.38. The van der Waals surface area contributed by atoms with Crippen molar-refractivity contribution in [1.82, 2.24) is 0 Å². The highest BCUT2D eigenvalue weighted by atomic mass is 16.5. The summed E-state index contributed by atoms with van der Waals surface area (Å²) < 4.78 is 10.9. The zero-order valence-corrected chi connectivity index (χ0v) is 13.3. The number of rotatable bonds is 8. The molecule has 0 N–H and O–H groups in total. The summed E-state index contributed by atoms with van der Waals surface area (Å²) in [4.78, 5) is 23.5. The predicted octanol–water partition coefficient (Wildman–Crippen LogP) is 3.27. The molecule has 0 aromatic rings. The Labute approximate surface area is 122 Å². The van der Waals surface area contributed by atoms with E-state index in [0.29, 0.717) is 6.42 Å². The van der Waals surface area contributed by atoms with E-state index in [1.165, 1.54) is 12.8 Å². The van der Waals surface area contributed by atoms with Crippen molar-refractivity contribution in [2.24, 2.45) is 5.41 Å². The zero-order chi connectivity index (χ0) is 15.2. The summed E-state index contributed by atoms with van der Waals surface area (Å²) in [6, 6.07) is 0. The number of ketones is 1. The van der Waals surface area contributed by atoms with Gasteiger partial charge in [-0.1, -0.05) is 26.7 Å². The van der Waals surface area contributed by atoms with Crippen LogP contribution in [0.2, 0.25) is 0 Å². The third-order valence-corrected chi connectivity index (χ3v) is 4.50. The predicted molar refractivity (Wildman–Crippen MR) is 77.5 cm³/mol. The fourth-order valence-electron chi connectivity index (χ4n) is 2.38. The summed E-state index contributed by atoms with van der Waals surface area (Å²) in [5, 5.41) is 0. The fraction of sp³-hybridized carbons (Fsp3) is 0.875. The molecule has 0 atom stereocenters. The second kappa shape index (κ2) is 7.21. The molecule has 20 heavy (non-hydrogen) atoms. The first-order valence-electron chi connectivity index (χ1n) is 7.68. The molecule has 1 fully saturated rings. The van der Waals surface area contributed by atoms with E-state index >= 15 is 0 Å². The van der Waals surface area contributed by atoms with E-state index < -0.39 is 5.41 Å². The van der Waals surface area contributed by atoms with Crippen LogP contribution in [0.3, 0.4) is 0 Å². The molecule has 0 aromatic heterocycles. The van der Waals surface area contributed by atoms with Gasteiger partial charge in [-0.3, -0.25) is 9.59 Å². The quantitative estimate of drug-likeness (QED) is 0.642. The molecule has 4 heteroatoms. The number of carbonyl (C=O) groups excluding carboxylic acids is 2. The molecule has 0 unspecified atom stereocenters. The Hall–Kier alpha value is -0.900. The lowest BCUT2D eigenvalue weighted by Gasteiger charge is -2.27. The number of hydrogen-bond acceptors (Lipinski definition) is 4. The molecule has 1 aliphatic carbocycles. The number of hydrogen-bond donors (Lipinski definition) is 0. The first-order chi connectivity index (χ1) is 9.35. The van der Waals surface area contributed by atoms with Gasteiger partial charge in [0.25, 0.3) is 0 Å². The van der Waals surface area contributed by atoms with Crippen LogP contribution >= 0.6 is 0 Å². The van der Waals surface area contributed by atoms with Gasteiger partial charge in [0.05, 0.1) is 11.0 Å². The highest BCUT2D eigenvalue weighted by Crippen LogP contribution is 2.35. The van der Waals surface area contributed by atoms with Gasteiger partial charge in [0, 0.05) is 0 Å². The average molecular weight is 284 g/mol. The molecule has 1 saturated carbocycles. The Morgan fingerprint density at radius 2 is 1.70 bits per heavy atom. The third kappa shape index (κ3) is 4.58. The Morgan fingerprint density at radius 1 is 1.10 bits per heavy atom. The van der Waals surface area contributed by atoms with E-state index in [-0.39, 0.29) is 30.6 Å². The first-order valence-corrected chi connectivity index (χ1v) is 7.68. The highest BCUT2D eigenvalue weighted by molar-refractivity contribution is 5.84. The summed E-state index contributed by atoms with van der Waals surface area (Å²) >= 11 is 0. The molecule has 0 aromatic carbocycles. The molecule has 1 aliphatic rings. The average Bonchev–Trinajstić information content (AvgIpc) is 2.91. The third-order valence-electron chi connectivity index (χ3n) is 4.50. The van der Waals surface area contributed by atoms with E-state index in [2.05, 4.69) is 6.92 Å². The van der Waals surface area contributed by atoms with Crippen molar-refractivity contribution in [2.45, 2.75) is 71.8 Å². The maximum absolute atomic E-state index is 11.8. The van der Waals surface area contributed by atoms with Crippen LogP contribution in [-0.4, -0.2) is 30.6 Å². The monoisotopic (exact) mass is 284 g/mol. The molecule has 0 spiro atoms. The van der Waals surface area contributed by atoms with Crippen LogP contribution in [0.1, 0.15) is 66.2 Å². The minimum absolute atomic E-state index is 0.0493. The van der Waals surface area contributed by atoms with Gasteiger partial charge in [0.1, 0.15) is 6.61 Å². The van der Waals surface area contributed by atoms with Crippen molar-refractivity contribution in [3.63, 3.8) is 0 Å². The minimum Gasteiger partial charge on any atom is -0.457 e. The summed E-state index contributed by atoms with van der Waals surface area (Å²) in [6.07, 6.45) is 6.01. The summed E-state index contributed by atoms with van der Waals surface area (Å²) in [5.74, 6) is -0.482. The number of carbonyl (C=O) groups is 2. The Kier molecular flexibility index (Phi) is 6.18. The van der Waals surface area contributed by atoms with E-state index in [1.54, 1.807) is 0 Å². The van der Waals surface area contributed by atoms with Crippen LogP contribution in [0.15, 0.2) is 0 Å². The van der Waals surface area contributed by atoms with Crippen molar-refractivity contribution < 1.29 is 19.1 Å². The Morgan fingerprint density at radius 3 is 2.20 bits per heavy atom. The van der Waals surface area contributed by atoms with Crippen molar-refractivity contribution in [2.75, 3.05) is 13.2 Å². The van der Waals surface area contributed by atoms with Gasteiger partial charge in [0.15, 0.2) is 12.4 Å². The highest BCUT2D eigenvalue weighted by Gasteiger charge is 2.33. The second-order valence-corrected chi connectivity index (χ2v) is 6.38.